The van der Waals surface area contributed by atoms with Crippen LogP contribution >= 0.6 is 0 Å². The zero-order chi connectivity index (χ0) is 23.7. The number of Topliss-reactive ketones (excluding diaryl/α,β-unsaturated/α-hetero) is 1. The first-order valence-electron chi connectivity index (χ1n) is 9.96. The maximum absolute atomic E-state index is 14.1. The van der Waals surface area contributed by atoms with E-state index in [1.165, 1.54) is 41.3 Å². The molecule has 0 radical (unpaired) electrons. The van der Waals surface area contributed by atoms with E-state index in [0.29, 0.717) is 16.7 Å². The first-order chi connectivity index (χ1) is 15.8. The van der Waals surface area contributed by atoms with Crippen LogP contribution in [0.1, 0.15) is 28.3 Å². The number of carbonyl (C=O) groups is 2. The topological polar surface area (TPSA) is 114 Å². The predicted octanol–water partition coefficient (Wildman–Crippen LogP) is 4.06. The van der Waals surface area contributed by atoms with Gasteiger partial charge in [0, 0.05) is 36.6 Å². The molecule has 0 unspecified atom stereocenters. The normalized spacial score (nSPS) is 17.4. The van der Waals surface area contributed by atoms with Gasteiger partial charge >= 0.3 is 0 Å². The number of pyridine rings is 1. The third-order valence-electron chi connectivity index (χ3n) is 5.48. The molecule has 1 amide bonds. The molecule has 2 aromatic carbocycles. The van der Waals surface area contributed by atoms with Crippen LogP contribution in [0.2, 0.25) is 0 Å². The van der Waals surface area contributed by atoms with Crippen molar-refractivity contribution in [1.82, 2.24) is 9.88 Å². The Kier molecular flexibility index (Phi) is 5.70. The Balaban J connectivity index is 1.87. The lowest BCUT2D eigenvalue weighted by molar-refractivity contribution is -0.384. The van der Waals surface area contributed by atoms with E-state index >= 15 is 0 Å². The van der Waals surface area contributed by atoms with Gasteiger partial charge in [0.05, 0.1) is 16.5 Å². The van der Waals surface area contributed by atoms with Crippen LogP contribution < -0.4 is 0 Å². The number of likely N-dealkylation sites (tertiary alicyclic amines) is 1. The molecule has 33 heavy (non-hydrogen) atoms. The molecule has 166 valence electrons. The van der Waals surface area contributed by atoms with E-state index in [2.05, 4.69) is 4.98 Å². The van der Waals surface area contributed by atoms with Crippen molar-refractivity contribution >= 4 is 23.1 Å². The highest BCUT2D eigenvalue weighted by molar-refractivity contribution is 6.46. The average Bonchev–Trinajstić information content (AvgIpc) is 3.06. The highest BCUT2D eigenvalue weighted by atomic mass is 19.1. The molecule has 0 saturated carbocycles. The first-order valence-corrected chi connectivity index (χ1v) is 9.96. The minimum atomic E-state index is -1.03. The Morgan fingerprint density at radius 2 is 1.91 bits per heavy atom. The molecule has 1 saturated heterocycles. The maximum atomic E-state index is 14.1. The summed E-state index contributed by atoms with van der Waals surface area (Å²) in [6.45, 7) is 1.57. The Hall–Kier alpha value is -4.40. The number of aliphatic hydroxyl groups excluding tert-OH is 1. The SMILES string of the molecule is Cc1ccc(C(O)=C2C(=O)C(=O)N(Cc3cccnc3)[C@@H]2c2ccc([N+](=O)[O-])cc2)cc1F. The van der Waals surface area contributed by atoms with Crippen LogP contribution in [0.3, 0.4) is 0 Å². The van der Waals surface area contributed by atoms with Crippen molar-refractivity contribution in [3.8, 4) is 0 Å². The van der Waals surface area contributed by atoms with Gasteiger partial charge in [0.1, 0.15) is 11.6 Å². The standard InChI is InChI=1S/C24H18FN3O5/c1-14-4-5-17(11-19(14)25)22(29)20-21(16-6-8-18(9-7-16)28(32)33)27(24(31)23(20)30)13-15-3-2-10-26-12-15/h2-12,21,29H,13H2,1H3/t21-/m1/s1. The molecule has 1 aliphatic heterocycles. The number of ketones is 1. The summed E-state index contributed by atoms with van der Waals surface area (Å²) >= 11 is 0. The van der Waals surface area contributed by atoms with Gasteiger partial charge in [-0.2, -0.15) is 0 Å². The van der Waals surface area contributed by atoms with Gasteiger partial charge in [-0.15, -0.1) is 0 Å². The van der Waals surface area contributed by atoms with Gasteiger partial charge < -0.3 is 10.0 Å². The summed E-state index contributed by atoms with van der Waals surface area (Å²) < 4.78 is 14.1. The third-order valence-corrected chi connectivity index (χ3v) is 5.48. The summed E-state index contributed by atoms with van der Waals surface area (Å²) in [6, 6.07) is 11.7. The monoisotopic (exact) mass is 447 g/mol. The number of halogens is 1. The number of hydrogen-bond acceptors (Lipinski definition) is 6. The fraction of sp³-hybridized carbons (Fsp3) is 0.125. The molecule has 8 nitrogen and oxygen atoms in total. The molecule has 9 heteroatoms. The first kappa shape index (κ1) is 21.8. The lowest BCUT2D eigenvalue weighted by Crippen LogP contribution is -2.29. The van der Waals surface area contributed by atoms with Gasteiger partial charge in [0.2, 0.25) is 0 Å². The van der Waals surface area contributed by atoms with E-state index in [4.69, 9.17) is 0 Å². The van der Waals surface area contributed by atoms with Crippen molar-refractivity contribution in [1.29, 1.82) is 0 Å². The predicted molar refractivity (Wildman–Crippen MR) is 116 cm³/mol. The number of nitrogens with zero attached hydrogens (tertiary/aromatic N) is 3. The molecular formula is C24H18FN3O5. The molecule has 1 aliphatic rings. The Morgan fingerprint density at radius 1 is 1.18 bits per heavy atom. The highest BCUT2D eigenvalue weighted by Gasteiger charge is 2.46. The molecule has 1 aromatic heterocycles. The van der Waals surface area contributed by atoms with Crippen molar-refractivity contribution in [3.05, 3.63) is 111 Å². The van der Waals surface area contributed by atoms with E-state index in [9.17, 15) is 29.2 Å². The number of amides is 1. The number of aromatic nitrogens is 1. The molecule has 1 atom stereocenters. The van der Waals surface area contributed by atoms with Crippen LogP contribution in [0.25, 0.3) is 5.76 Å². The van der Waals surface area contributed by atoms with Crippen molar-refractivity contribution in [3.63, 3.8) is 0 Å². The molecule has 0 bridgehead atoms. The third kappa shape index (κ3) is 4.08. The van der Waals surface area contributed by atoms with Crippen LogP contribution in [0.4, 0.5) is 10.1 Å². The van der Waals surface area contributed by atoms with Crippen LogP contribution in [-0.2, 0) is 16.1 Å². The molecule has 1 fully saturated rings. The second kappa shape index (κ2) is 8.62. The number of carbonyl (C=O) groups excluding carboxylic acids is 2. The van der Waals surface area contributed by atoms with E-state index in [0.717, 1.165) is 6.07 Å². The van der Waals surface area contributed by atoms with Crippen LogP contribution in [0.15, 0.2) is 72.6 Å². The number of rotatable bonds is 5. The number of hydrogen-bond donors (Lipinski definition) is 1. The summed E-state index contributed by atoms with van der Waals surface area (Å²) in [5.74, 6) is -2.88. The smallest absolute Gasteiger partial charge is 0.295 e. The fourth-order valence-corrected chi connectivity index (χ4v) is 3.75. The average molecular weight is 447 g/mol. The minimum absolute atomic E-state index is 0.0130. The summed E-state index contributed by atoms with van der Waals surface area (Å²) in [5, 5.41) is 22.0. The number of nitro groups is 1. The molecule has 1 N–H and O–H groups in total. The van der Waals surface area contributed by atoms with Crippen LogP contribution in [-0.4, -0.2) is 31.6 Å². The summed E-state index contributed by atoms with van der Waals surface area (Å²) in [4.78, 5) is 41.7. The highest BCUT2D eigenvalue weighted by Crippen LogP contribution is 2.40. The second-order valence-corrected chi connectivity index (χ2v) is 7.60. The lowest BCUT2D eigenvalue weighted by atomic mass is 9.94. The summed E-state index contributed by atoms with van der Waals surface area (Å²) in [5.41, 5.74) is 1.05. The van der Waals surface area contributed by atoms with Crippen LogP contribution in [0.5, 0.6) is 0 Å². The Labute approximate surface area is 187 Å². The zero-order valence-corrected chi connectivity index (χ0v) is 17.4. The van der Waals surface area contributed by atoms with Gasteiger partial charge in [0.25, 0.3) is 17.4 Å². The Bertz CT molecular complexity index is 1290. The van der Waals surface area contributed by atoms with Gasteiger partial charge in [-0.25, -0.2) is 4.39 Å². The zero-order valence-electron chi connectivity index (χ0n) is 17.4. The Morgan fingerprint density at radius 3 is 2.52 bits per heavy atom. The van der Waals surface area contributed by atoms with Gasteiger partial charge in [0.15, 0.2) is 0 Å². The maximum Gasteiger partial charge on any atom is 0.295 e. The number of benzene rings is 2. The molecular weight excluding hydrogens is 429 g/mol. The summed E-state index contributed by atoms with van der Waals surface area (Å²) in [7, 11) is 0. The largest absolute Gasteiger partial charge is 0.507 e. The van der Waals surface area contributed by atoms with E-state index in [1.54, 1.807) is 31.5 Å². The van der Waals surface area contributed by atoms with Crippen molar-refractivity contribution < 1.29 is 24.0 Å². The molecule has 4 rings (SSSR count). The second-order valence-electron chi connectivity index (χ2n) is 7.60. The lowest BCUT2D eigenvalue weighted by Gasteiger charge is -2.25. The van der Waals surface area contributed by atoms with Gasteiger partial charge in [-0.05, 0) is 47.9 Å². The molecule has 2 heterocycles. The van der Waals surface area contributed by atoms with Crippen molar-refractivity contribution in [2.24, 2.45) is 0 Å². The van der Waals surface area contributed by atoms with Gasteiger partial charge in [-0.1, -0.05) is 18.2 Å². The van der Waals surface area contributed by atoms with E-state index in [1.807, 2.05) is 0 Å². The van der Waals surface area contributed by atoms with Crippen molar-refractivity contribution in [2.45, 2.75) is 19.5 Å². The minimum Gasteiger partial charge on any atom is -0.507 e. The summed E-state index contributed by atoms with van der Waals surface area (Å²) in [6.07, 6.45) is 3.11. The van der Waals surface area contributed by atoms with E-state index < -0.39 is 34.2 Å². The van der Waals surface area contributed by atoms with E-state index in [-0.39, 0.29) is 23.4 Å². The fourth-order valence-electron chi connectivity index (χ4n) is 3.75. The van der Waals surface area contributed by atoms with Crippen molar-refractivity contribution in [2.75, 3.05) is 0 Å². The molecule has 0 spiro atoms. The number of aliphatic hydroxyl groups is 1. The number of non-ortho nitro benzene ring substituents is 1. The van der Waals surface area contributed by atoms with Gasteiger partial charge in [-0.3, -0.25) is 24.7 Å². The number of aryl methyl sites for hydroxylation is 1. The molecule has 3 aromatic rings. The van der Waals surface area contributed by atoms with Crippen LogP contribution in [0, 0.1) is 22.9 Å². The number of nitro benzene ring substituents is 1. The quantitative estimate of drug-likeness (QED) is 0.207. The molecule has 0 aliphatic carbocycles.